The first-order valence-electron chi connectivity index (χ1n) is 6.38. The van der Waals surface area contributed by atoms with Crippen LogP contribution in [0.1, 0.15) is 52.4 Å². The molecule has 1 aliphatic heterocycles. The Labute approximate surface area is 88.7 Å². The molecule has 1 heterocycles. The summed E-state index contributed by atoms with van der Waals surface area (Å²) in [6.45, 7) is 7.41. The Morgan fingerprint density at radius 3 is 1.93 bits per heavy atom. The zero-order chi connectivity index (χ0) is 10.0. The molecular weight excluding hydrogens is 170 g/mol. The van der Waals surface area contributed by atoms with Crippen LogP contribution in [0.5, 0.6) is 0 Å². The highest BCUT2D eigenvalue weighted by Crippen LogP contribution is 2.42. The number of piperidine rings is 1. The van der Waals surface area contributed by atoms with E-state index in [2.05, 4.69) is 19.2 Å². The largest absolute Gasteiger partial charge is 0.317 e. The van der Waals surface area contributed by atoms with Crippen LogP contribution in [0.25, 0.3) is 0 Å². The highest BCUT2D eigenvalue weighted by molar-refractivity contribution is 4.83. The summed E-state index contributed by atoms with van der Waals surface area (Å²) in [5.74, 6) is 2.11. The molecule has 0 spiro atoms. The molecule has 2 aliphatic rings. The van der Waals surface area contributed by atoms with E-state index >= 15 is 0 Å². The molecule has 0 radical (unpaired) electrons. The summed E-state index contributed by atoms with van der Waals surface area (Å²) in [6, 6.07) is 0. The average Bonchev–Trinajstić information content (AvgIpc) is 2.19. The van der Waals surface area contributed by atoms with E-state index in [-0.39, 0.29) is 0 Å². The fraction of sp³-hybridized carbons (Fsp3) is 1.00. The molecule has 0 aromatic carbocycles. The van der Waals surface area contributed by atoms with Crippen molar-refractivity contribution in [2.24, 2.45) is 17.3 Å². The van der Waals surface area contributed by atoms with Gasteiger partial charge in [-0.15, -0.1) is 0 Å². The van der Waals surface area contributed by atoms with Crippen molar-refractivity contribution in [2.45, 2.75) is 52.4 Å². The molecule has 2 fully saturated rings. The van der Waals surface area contributed by atoms with Gasteiger partial charge in [0.25, 0.3) is 0 Å². The predicted octanol–water partition coefficient (Wildman–Crippen LogP) is 3.20. The maximum absolute atomic E-state index is 3.47. The van der Waals surface area contributed by atoms with E-state index in [4.69, 9.17) is 0 Å². The Hall–Kier alpha value is -0.0400. The van der Waals surface area contributed by atoms with Crippen molar-refractivity contribution in [1.82, 2.24) is 5.32 Å². The molecule has 2 rings (SSSR count). The second-order valence-electron chi connectivity index (χ2n) is 6.09. The van der Waals surface area contributed by atoms with E-state index in [9.17, 15) is 0 Å². The molecule has 82 valence electrons. The molecule has 1 N–H and O–H groups in total. The van der Waals surface area contributed by atoms with E-state index < -0.39 is 0 Å². The van der Waals surface area contributed by atoms with Crippen molar-refractivity contribution in [3.05, 3.63) is 0 Å². The Balaban J connectivity index is 1.82. The van der Waals surface area contributed by atoms with Crippen molar-refractivity contribution in [3.8, 4) is 0 Å². The minimum atomic E-state index is 0.642. The second kappa shape index (κ2) is 4.22. The van der Waals surface area contributed by atoms with Crippen LogP contribution in [0.4, 0.5) is 0 Å². The zero-order valence-electron chi connectivity index (χ0n) is 9.81. The lowest BCUT2D eigenvalue weighted by atomic mass is 9.68. The van der Waals surface area contributed by atoms with E-state index in [1.807, 2.05) is 0 Å². The van der Waals surface area contributed by atoms with Gasteiger partial charge in [-0.2, -0.15) is 0 Å². The van der Waals surface area contributed by atoms with Gasteiger partial charge < -0.3 is 5.32 Å². The van der Waals surface area contributed by atoms with Crippen LogP contribution in [0, 0.1) is 17.3 Å². The standard InChI is InChI=1S/C13H25N/c1-13(2)7-3-11(4-8-13)12-5-9-14-10-6-12/h11-12,14H,3-10H2,1-2H3. The predicted molar refractivity (Wildman–Crippen MR) is 61.3 cm³/mol. The first-order chi connectivity index (χ1) is 6.67. The Morgan fingerprint density at radius 1 is 0.857 bits per heavy atom. The van der Waals surface area contributed by atoms with Gasteiger partial charge in [0, 0.05) is 0 Å². The van der Waals surface area contributed by atoms with Crippen molar-refractivity contribution < 1.29 is 0 Å². The summed E-state index contributed by atoms with van der Waals surface area (Å²) < 4.78 is 0. The van der Waals surface area contributed by atoms with Gasteiger partial charge >= 0.3 is 0 Å². The number of nitrogens with one attached hydrogen (secondary N) is 1. The monoisotopic (exact) mass is 195 g/mol. The van der Waals surface area contributed by atoms with E-state index in [1.165, 1.54) is 51.6 Å². The molecule has 0 bridgehead atoms. The van der Waals surface area contributed by atoms with E-state index in [1.54, 1.807) is 0 Å². The van der Waals surface area contributed by atoms with Crippen molar-refractivity contribution in [3.63, 3.8) is 0 Å². The van der Waals surface area contributed by atoms with Gasteiger partial charge in [0.1, 0.15) is 0 Å². The normalized spacial score (nSPS) is 30.4. The summed E-state index contributed by atoms with van der Waals surface area (Å²) in [6.07, 6.45) is 8.79. The topological polar surface area (TPSA) is 12.0 Å². The van der Waals surface area contributed by atoms with Gasteiger partial charge in [-0.25, -0.2) is 0 Å². The number of rotatable bonds is 1. The van der Waals surface area contributed by atoms with Gasteiger partial charge in [0.2, 0.25) is 0 Å². The molecule has 14 heavy (non-hydrogen) atoms. The molecule has 1 aliphatic carbocycles. The Kier molecular flexibility index (Phi) is 3.16. The fourth-order valence-corrected chi connectivity index (χ4v) is 3.21. The molecule has 0 amide bonds. The zero-order valence-corrected chi connectivity index (χ0v) is 9.81. The van der Waals surface area contributed by atoms with Crippen LogP contribution in [-0.4, -0.2) is 13.1 Å². The van der Waals surface area contributed by atoms with Crippen LogP contribution in [-0.2, 0) is 0 Å². The van der Waals surface area contributed by atoms with Crippen LogP contribution < -0.4 is 5.32 Å². The van der Waals surface area contributed by atoms with Crippen molar-refractivity contribution in [1.29, 1.82) is 0 Å². The smallest absolute Gasteiger partial charge is 0.00462 e. The molecule has 1 saturated heterocycles. The highest BCUT2D eigenvalue weighted by atomic mass is 14.9. The fourth-order valence-electron chi connectivity index (χ4n) is 3.21. The molecule has 1 saturated carbocycles. The SMILES string of the molecule is CC1(C)CCC(C2CCNCC2)CC1. The van der Waals surface area contributed by atoms with Crippen LogP contribution >= 0.6 is 0 Å². The third-order valence-corrected chi connectivity index (χ3v) is 4.43. The maximum atomic E-state index is 3.47. The lowest BCUT2D eigenvalue weighted by Gasteiger charge is -2.39. The average molecular weight is 195 g/mol. The minimum absolute atomic E-state index is 0.642. The highest BCUT2D eigenvalue weighted by Gasteiger charge is 2.31. The van der Waals surface area contributed by atoms with Crippen LogP contribution in [0.15, 0.2) is 0 Å². The molecule has 0 unspecified atom stereocenters. The second-order valence-corrected chi connectivity index (χ2v) is 6.09. The lowest BCUT2D eigenvalue weighted by Crippen LogP contribution is -2.34. The summed E-state index contributed by atoms with van der Waals surface area (Å²) in [7, 11) is 0. The van der Waals surface area contributed by atoms with Gasteiger partial charge in [0.05, 0.1) is 0 Å². The molecule has 1 nitrogen and oxygen atoms in total. The molecule has 1 heteroatoms. The number of hydrogen-bond donors (Lipinski definition) is 1. The van der Waals surface area contributed by atoms with E-state index in [0.29, 0.717) is 5.41 Å². The van der Waals surface area contributed by atoms with Gasteiger partial charge in [0.15, 0.2) is 0 Å². The van der Waals surface area contributed by atoms with Crippen LogP contribution in [0.2, 0.25) is 0 Å². The molecule has 0 aromatic rings. The van der Waals surface area contributed by atoms with E-state index in [0.717, 1.165) is 11.8 Å². The first-order valence-corrected chi connectivity index (χ1v) is 6.38. The molecule has 0 aromatic heterocycles. The lowest BCUT2D eigenvalue weighted by molar-refractivity contribution is 0.131. The third kappa shape index (κ3) is 2.50. The van der Waals surface area contributed by atoms with Gasteiger partial charge in [-0.1, -0.05) is 13.8 Å². The number of hydrogen-bond acceptors (Lipinski definition) is 1. The first kappa shape index (κ1) is 10.5. The van der Waals surface area contributed by atoms with Crippen molar-refractivity contribution in [2.75, 3.05) is 13.1 Å². The maximum Gasteiger partial charge on any atom is -0.00462 e. The van der Waals surface area contributed by atoms with Gasteiger partial charge in [-0.05, 0) is 68.9 Å². The minimum Gasteiger partial charge on any atom is -0.317 e. The summed E-state index contributed by atoms with van der Waals surface area (Å²) in [5.41, 5.74) is 0.642. The summed E-state index contributed by atoms with van der Waals surface area (Å²) >= 11 is 0. The quantitative estimate of drug-likeness (QED) is 0.677. The summed E-state index contributed by atoms with van der Waals surface area (Å²) in [4.78, 5) is 0. The van der Waals surface area contributed by atoms with Gasteiger partial charge in [-0.3, -0.25) is 0 Å². The van der Waals surface area contributed by atoms with Crippen LogP contribution in [0.3, 0.4) is 0 Å². The molecular formula is C13H25N. The van der Waals surface area contributed by atoms with Crippen molar-refractivity contribution >= 4 is 0 Å². The Morgan fingerprint density at radius 2 is 1.36 bits per heavy atom. The molecule has 0 atom stereocenters. The third-order valence-electron chi connectivity index (χ3n) is 4.43. The Bertz CT molecular complexity index is 170. The summed E-state index contributed by atoms with van der Waals surface area (Å²) in [5, 5.41) is 3.47.